The molecule has 0 saturated carbocycles. The van der Waals surface area contributed by atoms with Crippen LogP contribution in [0.25, 0.3) is 32.9 Å². The van der Waals surface area contributed by atoms with Crippen LogP contribution in [-0.4, -0.2) is 25.4 Å². The van der Waals surface area contributed by atoms with Gasteiger partial charge in [-0.25, -0.2) is 13.5 Å². The molecule has 176 valence electrons. The summed E-state index contributed by atoms with van der Waals surface area (Å²) in [6.07, 6.45) is 0. The van der Waals surface area contributed by atoms with E-state index in [0.717, 1.165) is 16.8 Å². The molecular formula is C26H18ClF2N3O3. The van der Waals surface area contributed by atoms with Gasteiger partial charge in [0.1, 0.15) is 23.9 Å². The summed E-state index contributed by atoms with van der Waals surface area (Å²) < 4.78 is 31.4. The van der Waals surface area contributed by atoms with Gasteiger partial charge in [0, 0.05) is 38.1 Å². The van der Waals surface area contributed by atoms with Crippen molar-refractivity contribution in [1.29, 1.82) is 0 Å². The Morgan fingerprint density at radius 1 is 1.00 bits per heavy atom. The van der Waals surface area contributed by atoms with Crippen molar-refractivity contribution in [2.75, 3.05) is 0 Å². The minimum Gasteiger partial charge on any atom is -0.480 e. The maximum absolute atomic E-state index is 14.4. The zero-order valence-corrected chi connectivity index (χ0v) is 19.2. The van der Waals surface area contributed by atoms with Gasteiger partial charge in [-0.2, -0.15) is 5.10 Å². The molecule has 3 aromatic carbocycles. The van der Waals surface area contributed by atoms with E-state index >= 15 is 0 Å². The van der Waals surface area contributed by atoms with Gasteiger partial charge in [0.05, 0.1) is 11.9 Å². The highest BCUT2D eigenvalue weighted by atomic mass is 35.5. The third-order valence-corrected chi connectivity index (χ3v) is 6.29. The maximum atomic E-state index is 14.4. The smallest absolute Gasteiger partial charge is 0.323 e. The molecule has 0 aliphatic carbocycles. The topological polar surface area (TPSA) is 77.1 Å². The molecule has 2 heterocycles. The van der Waals surface area contributed by atoms with Crippen molar-refractivity contribution in [3.05, 3.63) is 98.9 Å². The average molecular weight is 494 g/mol. The van der Waals surface area contributed by atoms with Gasteiger partial charge in [0.25, 0.3) is 5.56 Å². The van der Waals surface area contributed by atoms with E-state index in [1.54, 1.807) is 54.0 Å². The Bertz CT molecular complexity index is 1690. The summed E-state index contributed by atoms with van der Waals surface area (Å²) in [5.74, 6) is -2.59. The molecule has 0 saturated heterocycles. The van der Waals surface area contributed by atoms with Crippen LogP contribution in [0.3, 0.4) is 0 Å². The molecule has 1 N–H and O–H groups in total. The van der Waals surface area contributed by atoms with Crippen molar-refractivity contribution in [2.24, 2.45) is 0 Å². The Labute approximate surface area is 202 Å². The predicted octanol–water partition coefficient (Wildman–Crippen LogP) is 5.39. The second kappa shape index (κ2) is 8.63. The van der Waals surface area contributed by atoms with Crippen LogP contribution in [-0.2, 0) is 17.9 Å². The number of halogens is 3. The highest BCUT2D eigenvalue weighted by Crippen LogP contribution is 2.37. The average Bonchev–Trinajstić information content (AvgIpc) is 3.08. The van der Waals surface area contributed by atoms with Gasteiger partial charge in [-0.05, 0) is 43.3 Å². The van der Waals surface area contributed by atoms with Crippen molar-refractivity contribution in [1.82, 2.24) is 14.3 Å². The van der Waals surface area contributed by atoms with Gasteiger partial charge in [0.2, 0.25) is 0 Å². The summed E-state index contributed by atoms with van der Waals surface area (Å²) in [6, 6.07) is 15.4. The third kappa shape index (κ3) is 3.85. The first-order valence-corrected chi connectivity index (χ1v) is 11.1. The number of hydrogen-bond donors (Lipinski definition) is 1. The van der Waals surface area contributed by atoms with Crippen LogP contribution in [0.4, 0.5) is 8.78 Å². The fourth-order valence-corrected chi connectivity index (χ4v) is 4.62. The molecule has 5 rings (SSSR count). The van der Waals surface area contributed by atoms with E-state index in [4.69, 9.17) is 11.6 Å². The van der Waals surface area contributed by atoms with E-state index in [-0.39, 0.29) is 12.1 Å². The number of rotatable bonds is 5. The summed E-state index contributed by atoms with van der Waals surface area (Å²) in [5, 5.41) is 16.0. The summed E-state index contributed by atoms with van der Waals surface area (Å²) in [5.41, 5.74) is 1.42. The normalized spacial score (nSPS) is 11.4. The first-order chi connectivity index (χ1) is 16.8. The zero-order chi connectivity index (χ0) is 24.9. The van der Waals surface area contributed by atoms with Crippen molar-refractivity contribution >= 4 is 39.2 Å². The second-order valence-electron chi connectivity index (χ2n) is 8.16. The SMILES string of the molecule is Cc1c(-c2nn(Cc3c(F)cccc3F)c(=O)c3ccccc23)c2cc(Cl)ccc2n1CC(=O)O. The molecule has 0 radical (unpaired) electrons. The quantitative estimate of drug-likeness (QED) is 0.356. The number of aromatic nitrogens is 3. The number of hydrogen-bond acceptors (Lipinski definition) is 3. The molecule has 0 atom stereocenters. The molecule has 0 aliphatic heterocycles. The van der Waals surface area contributed by atoms with E-state index in [0.29, 0.717) is 43.6 Å². The number of nitrogens with zero attached hydrogens (tertiary/aromatic N) is 3. The van der Waals surface area contributed by atoms with Crippen molar-refractivity contribution in [2.45, 2.75) is 20.0 Å². The molecule has 0 aliphatic rings. The molecular weight excluding hydrogens is 476 g/mol. The van der Waals surface area contributed by atoms with E-state index in [2.05, 4.69) is 5.10 Å². The predicted molar refractivity (Wildman–Crippen MR) is 130 cm³/mol. The lowest BCUT2D eigenvalue weighted by molar-refractivity contribution is -0.137. The van der Waals surface area contributed by atoms with E-state index in [1.807, 2.05) is 0 Å². The molecule has 0 amide bonds. The number of aliphatic carboxylic acids is 1. The molecule has 0 spiro atoms. The first-order valence-electron chi connectivity index (χ1n) is 10.7. The molecule has 0 unspecified atom stereocenters. The summed E-state index contributed by atoms with van der Waals surface area (Å²) >= 11 is 6.28. The van der Waals surface area contributed by atoms with Crippen LogP contribution in [0.2, 0.25) is 5.02 Å². The minimum absolute atomic E-state index is 0.281. The zero-order valence-electron chi connectivity index (χ0n) is 18.4. The van der Waals surface area contributed by atoms with Gasteiger partial charge < -0.3 is 9.67 Å². The fraction of sp³-hybridized carbons (Fsp3) is 0.115. The van der Waals surface area contributed by atoms with Gasteiger partial charge in [-0.15, -0.1) is 0 Å². The number of carbonyl (C=O) groups is 1. The molecule has 0 bridgehead atoms. The molecule has 35 heavy (non-hydrogen) atoms. The van der Waals surface area contributed by atoms with Crippen molar-refractivity contribution in [3.63, 3.8) is 0 Å². The highest BCUT2D eigenvalue weighted by molar-refractivity contribution is 6.31. The van der Waals surface area contributed by atoms with E-state index in [1.165, 1.54) is 6.07 Å². The van der Waals surface area contributed by atoms with Crippen LogP contribution >= 0.6 is 11.6 Å². The summed E-state index contributed by atoms with van der Waals surface area (Å²) in [6.45, 7) is 1.05. The van der Waals surface area contributed by atoms with Gasteiger partial charge in [-0.1, -0.05) is 35.9 Å². The second-order valence-corrected chi connectivity index (χ2v) is 8.60. The largest absolute Gasteiger partial charge is 0.480 e. The molecule has 0 fully saturated rings. The molecule has 2 aromatic heterocycles. The summed E-state index contributed by atoms with van der Waals surface area (Å²) in [7, 11) is 0. The Hall–Kier alpha value is -4.04. The van der Waals surface area contributed by atoms with Crippen LogP contribution in [0, 0.1) is 18.6 Å². The molecule has 5 aromatic rings. The minimum atomic E-state index is -1.02. The molecule has 6 nitrogen and oxygen atoms in total. The maximum Gasteiger partial charge on any atom is 0.323 e. The van der Waals surface area contributed by atoms with E-state index < -0.39 is 29.7 Å². The Morgan fingerprint density at radius 2 is 1.69 bits per heavy atom. The lowest BCUT2D eigenvalue weighted by Gasteiger charge is -2.13. The van der Waals surface area contributed by atoms with Gasteiger partial charge in [0.15, 0.2) is 0 Å². The fourth-order valence-electron chi connectivity index (χ4n) is 4.45. The molecule has 9 heteroatoms. The number of carboxylic acid groups (broad SMARTS) is 1. The number of fused-ring (bicyclic) bond motifs is 2. The van der Waals surface area contributed by atoms with Crippen molar-refractivity contribution in [3.8, 4) is 11.3 Å². The van der Waals surface area contributed by atoms with E-state index in [9.17, 15) is 23.5 Å². The monoisotopic (exact) mass is 493 g/mol. The van der Waals surface area contributed by atoms with Crippen LogP contribution < -0.4 is 5.56 Å². The highest BCUT2D eigenvalue weighted by Gasteiger charge is 2.22. The van der Waals surface area contributed by atoms with Crippen molar-refractivity contribution < 1.29 is 18.7 Å². The van der Waals surface area contributed by atoms with Crippen LogP contribution in [0.15, 0.2) is 65.5 Å². The van der Waals surface area contributed by atoms with Gasteiger partial charge >= 0.3 is 5.97 Å². The Balaban J connectivity index is 1.85. The lowest BCUT2D eigenvalue weighted by atomic mass is 10.0. The number of carboxylic acids is 1. The van der Waals surface area contributed by atoms with Crippen LogP contribution in [0.1, 0.15) is 11.3 Å². The Morgan fingerprint density at radius 3 is 2.37 bits per heavy atom. The Kier molecular flexibility index (Phi) is 5.61. The van der Waals surface area contributed by atoms with Gasteiger partial charge in [-0.3, -0.25) is 9.59 Å². The van der Waals surface area contributed by atoms with Crippen LogP contribution in [0.5, 0.6) is 0 Å². The third-order valence-electron chi connectivity index (χ3n) is 6.05. The first kappa shape index (κ1) is 22.7. The lowest BCUT2D eigenvalue weighted by Crippen LogP contribution is -2.25. The standard InChI is InChI=1S/C26H18ClF2N3O3/c1-14-24(18-11-15(27)9-10-22(18)31(14)13-23(33)34)25-16-5-2-3-6-17(16)26(35)32(30-25)12-19-20(28)7-4-8-21(19)29/h2-11H,12-13H2,1H3,(H,33,34). The summed E-state index contributed by atoms with van der Waals surface area (Å²) in [4.78, 5) is 24.8. The number of benzene rings is 3.